The molecule has 0 aliphatic carbocycles. The van der Waals surface area contributed by atoms with Gasteiger partial charge >= 0.3 is 0 Å². The number of benzene rings is 2. The van der Waals surface area contributed by atoms with Crippen molar-refractivity contribution < 1.29 is 4.79 Å². The van der Waals surface area contributed by atoms with E-state index in [4.69, 9.17) is 0 Å². The number of para-hydroxylation sites is 1. The molecule has 0 aromatic heterocycles. The molecule has 2 aromatic rings. The fourth-order valence-corrected chi connectivity index (χ4v) is 2.34. The number of halogens is 1. The normalized spacial score (nSPS) is 12.1. The van der Waals surface area contributed by atoms with Crippen molar-refractivity contribution in [2.75, 3.05) is 5.32 Å². The number of hydrogen-bond donors (Lipinski definition) is 2. The third-order valence-corrected chi connectivity index (χ3v) is 3.57. The second-order valence-electron chi connectivity index (χ2n) is 4.76. The topological polar surface area (TPSA) is 53.5 Å². The summed E-state index contributed by atoms with van der Waals surface area (Å²) in [4.78, 5) is 12.1. The standard InChI is InChI=1S/C17H18BrN3O/c1-2-16(20-15-9-4-3-5-10-15)17(22)21-19-12-13-7-6-8-14(18)11-13/h3-12,16,20H,2H2,1H3,(H,21,22)/b19-12-/t16-/m0/s1. The molecule has 1 atom stereocenters. The molecule has 0 unspecified atom stereocenters. The lowest BCUT2D eigenvalue weighted by atomic mass is 10.2. The van der Waals surface area contributed by atoms with Gasteiger partial charge in [0, 0.05) is 10.2 Å². The van der Waals surface area contributed by atoms with Gasteiger partial charge < -0.3 is 5.32 Å². The van der Waals surface area contributed by atoms with Gasteiger partial charge in [-0.25, -0.2) is 5.43 Å². The molecule has 1 amide bonds. The van der Waals surface area contributed by atoms with E-state index in [9.17, 15) is 4.79 Å². The fourth-order valence-electron chi connectivity index (χ4n) is 1.92. The maximum absolute atomic E-state index is 12.1. The summed E-state index contributed by atoms with van der Waals surface area (Å²) in [5.74, 6) is -0.155. The van der Waals surface area contributed by atoms with Crippen molar-refractivity contribution in [3.8, 4) is 0 Å². The van der Waals surface area contributed by atoms with Crippen LogP contribution >= 0.6 is 15.9 Å². The molecule has 0 fully saturated rings. The number of nitrogens with one attached hydrogen (secondary N) is 2. The number of carbonyl (C=O) groups excluding carboxylic acids is 1. The third kappa shape index (κ3) is 5.00. The van der Waals surface area contributed by atoms with E-state index in [0.717, 1.165) is 15.7 Å². The Balaban J connectivity index is 1.92. The first-order valence-corrected chi connectivity index (χ1v) is 7.88. The molecule has 114 valence electrons. The highest BCUT2D eigenvalue weighted by atomic mass is 79.9. The Labute approximate surface area is 138 Å². The minimum absolute atomic E-state index is 0.155. The van der Waals surface area contributed by atoms with Gasteiger partial charge in [0.05, 0.1) is 6.21 Å². The Morgan fingerprint density at radius 3 is 2.68 bits per heavy atom. The number of hydrogen-bond acceptors (Lipinski definition) is 3. The quantitative estimate of drug-likeness (QED) is 0.608. The summed E-state index contributed by atoms with van der Waals surface area (Å²) in [5.41, 5.74) is 4.41. The zero-order valence-electron chi connectivity index (χ0n) is 12.3. The molecule has 22 heavy (non-hydrogen) atoms. The molecular formula is C17H18BrN3O. The Morgan fingerprint density at radius 1 is 1.23 bits per heavy atom. The molecule has 0 bridgehead atoms. The van der Waals surface area contributed by atoms with Crippen molar-refractivity contribution in [2.24, 2.45) is 5.10 Å². The zero-order valence-corrected chi connectivity index (χ0v) is 13.9. The molecule has 4 nitrogen and oxygen atoms in total. The highest BCUT2D eigenvalue weighted by Crippen LogP contribution is 2.10. The Kier molecular flexibility index (Phi) is 6.15. The second-order valence-corrected chi connectivity index (χ2v) is 5.68. The molecule has 0 saturated heterocycles. The van der Waals surface area contributed by atoms with Crippen LogP contribution in [0, 0.1) is 0 Å². The number of carbonyl (C=O) groups is 1. The smallest absolute Gasteiger partial charge is 0.262 e. The van der Waals surface area contributed by atoms with E-state index in [1.165, 1.54) is 0 Å². The summed E-state index contributed by atoms with van der Waals surface area (Å²) >= 11 is 3.40. The van der Waals surface area contributed by atoms with E-state index in [0.29, 0.717) is 6.42 Å². The van der Waals surface area contributed by atoms with Crippen molar-refractivity contribution in [2.45, 2.75) is 19.4 Å². The number of hydrazone groups is 1. The van der Waals surface area contributed by atoms with Crippen LogP contribution in [0.15, 0.2) is 64.2 Å². The predicted octanol–water partition coefficient (Wildman–Crippen LogP) is 3.79. The molecule has 2 N–H and O–H groups in total. The summed E-state index contributed by atoms with van der Waals surface area (Å²) in [6, 6.07) is 17.0. The summed E-state index contributed by atoms with van der Waals surface area (Å²) in [6.07, 6.45) is 2.30. The van der Waals surface area contributed by atoms with Crippen LogP contribution < -0.4 is 10.7 Å². The molecule has 0 radical (unpaired) electrons. The maximum Gasteiger partial charge on any atom is 0.262 e. The van der Waals surface area contributed by atoms with Gasteiger partial charge in [-0.2, -0.15) is 5.10 Å². The van der Waals surface area contributed by atoms with Crippen LogP contribution in [0.2, 0.25) is 0 Å². The van der Waals surface area contributed by atoms with Gasteiger partial charge in [-0.3, -0.25) is 4.79 Å². The molecular weight excluding hydrogens is 342 g/mol. The highest BCUT2D eigenvalue weighted by molar-refractivity contribution is 9.10. The average Bonchev–Trinajstić information content (AvgIpc) is 2.53. The van der Waals surface area contributed by atoms with Gasteiger partial charge in [-0.1, -0.05) is 53.2 Å². The molecule has 0 saturated carbocycles. The number of anilines is 1. The zero-order chi connectivity index (χ0) is 15.8. The lowest BCUT2D eigenvalue weighted by Crippen LogP contribution is -2.36. The van der Waals surface area contributed by atoms with Crippen LogP contribution in [0.3, 0.4) is 0 Å². The van der Waals surface area contributed by atoms with Crippen LogP contribution in [0.5, 0.6) is 0 Å². The van der Waals surface area contributed by atoms with E-state index in [1.54, 1.807) is 6.21 Å². The Morgan fingerprint density at radius 2 is 2.00 bits per heavy atom. The SMILES string of the molecule is CC[C@H](Nc1ccccc1)C(=O)N/N=C\c1cccc(Br)c1. The number of rotatable bonds is 6. The summed E-state index contributed by atoms with van der Waals surface area (Å²) in [7, 11) is 0. The molecule has 2 aromatic carbocycles. The van der Waals surface area contributed by atoms with Gasteiger partial charge in [-0.05, 0) is 36.2 Å². The van der Waals surface area contributed by atoms with E-state index < -0.39 is 0 Å². The summed E-state index contributed by atoms with van der Waals surface area (Å²) in [6.45, 7) is 1.96. The third-order valence-electron chi connectivity index (χ3n) is 3.08. The van der Waals surface area contributed by atoms with Crippen LogP contribution in [0.1, 0.15) is 18.9 Å². The first-order valence-electron chi connectivity index (χ1n) is 7.09. The van der Waals surface area contributed by atoms with Gasteiger partial charge in [0.25, 0.3) is 5.91 Å². The van der Waals surface area contributed by atoms with Gasteiger partial charge in [0.1, 0.15) is 6.04 Å². The highest BCUT2D eigenvalue weighted by Gasteiger charge is 2.15. The van der Waals surface area contributed by atoms with E-state index in [2.05, 4.69) is 31.8 Å². The monoisotopic (exact) mass is 359 g/mol. The van der Waals surface area contributed by atoms with Crippen molar-refractivity contribution in [1.82, 2.24) is 5.43 Å². The summed E-state index contributed by atoms with van der Waals surface area (Å²) < 4.78 is 0.972. The molecule has 5 heteroatoms. The minimum Gasteiger partial charge on any atom is -0.374 e. The first kappa shape index (κ1) is 16.2. The van der Waals surface area contributed by atoms with Crippen LogP contribution in [-0.2, 0) is 4.79 Å². The van der Waals surface area contributed by atoms with E-state index in [-0.39, 0.29) is 11.9 Å². The first-order chi connectivity index (χ1) is 10.7. The predicted molar refractivity (Wildman–Crippen MR) is 94.0 cm³/mol. The van der Waals surface area contributed by atoms with Gasteiger partial charge in [0.15, 0.2) is 0 Å². The molecule has 2 rings (SSSR count). The van der Waals surface area contributed by atoms with Gasteiger partial charge in [-0.15, -0.1) is 0 Å². The maximum atomic E-state index is 12.1. The van der Waals surface area contributed by atoms with Crippen LogP contribution in [0.4, 0.5) is 5.69 Å². The van der Waals surface area contributed by atoms with Crippen molar-refractivity contribution >= 4 is 33.7 Å². The second kappa shape index (κ2) is 8.34. The van der Waals surface area contributed by atoms with Crippen molar-refractivity contribution in [3.05, 3.63) is 64.6 Å². The Hall–Kier alpha value is -2.14. The van der Waals surface area contributed by atoms with Crippen molar-refractivity contribution in [3.63, 3.8) is 0 Å². The lowest BCUT2D eigenvalue weighted by Gasteiger charge is -2.16. The molecule has 0 heterocycles. The Bertz CT molecular complexity index is 643. The molecule has 0 spiro atoms. The molecule has 0 aliphatic rings. The van der Waals surface area contributed by atoms with Gasteiger partial charge in [0.2, 0.25) is 0 Å². The summed E-state index contributed by atoms with van der Waals surface area (Å²) in [5, 5.41) is 7.20. The van der Waals surface area contributed by atoms with E-state index in [1.807, 2.05) is 61.5 Å². The number of nitrogens with zero attached hydrogens (tertiary/aromatic N) is 1. The van der Waals surface area contributed by atoms with Crippen LogP contribution in [0.25, 0.3) is 0 Å². The lowest BCUT2D eigenvalue weighted by molar-refractivity contribution is -0.121. The average molecular weight is 360 g/mol. The van der Waals surface area contributed by atoms with Crippen LogP contribution in [-0.4, -0.2) is 18.2 Å². The fraction of sp³-hybridized carbons (Fsp3) is 0.176. The number of amides is 1. The van der Waals surface area contributed by atoms with Crippen molar-refractivity contribution in [1.29, 1.82) is 0 Å². The minimum atomic E-state index is -0.318. The van der Waals surface area contributed by atoms with E-state index >= 15 is 0 Å². The largest absolute Gasteiger partial charge is 0.374 e. The molecule has 0 aliphatic heterocycles.